The van der Waals surface area contributed by atoms with Crippen molar-refractivity contribution in [2.24, 2.45) is 0 Å². The Balaban J connectivity index is 1.62. The summed E-state index contributed by atoms with van der Waals surface area (Å²) in [5.74, 6) is -3.64. The van der Waals surface area contributed by atoms with Crippen molar-refractivity contribution < 1.29 is 48.3 Å². The summed E-state index contributed by atoms with van der Waals surface area (Å²) in [6.07, 6.45) is -8.95. The predicted molar refractivity (Wildman–Crippen MR) is 123 cm³/mol. The Morgan fingerprint density at radius 3 is 2.24 bits per heavy atom. The molecule has 220 valence electrons. The van der Waals surface area contributed by atoms with Crippen LogP contribution in [0.5, 0.6) is 0 Å². The van der Waals surface area contributed by atoms with Gasteiger partial charge in [0.1, 0.15) is 22.9 Å². The molecular weight excluding hydrogens is 592 g/mol. The molecule has 1 N–H and O–H groups in total. The van der Waals surface area contributed by atoms with Crippen molar-refractivity contribution in [1.29, 1.82) is 0 Å². The summed E-state index contributed by atoms with van der Waals surface area (Å²) in [5, 5.41) is 2.16. The molecule has 0 saturated carbocycles. The highest BCUT2D eigenvalue weighted by Crippen LogP contribution is 2.35. The number of aromatic nitrogens is 4. The molecule has 0 aromatic carbocycles. The van der Waals surface area contributed by atoms with Gasteiger partial charge in [0, 0.05) is 43.3 Å². The first-order valence-electron chi connectivity index (χ1n) is 11.5. The fourth-order valence-corrected chi connectivity index (χ4v) is 5.97. The Labute approximate surface area is 226 Å². The lowest BCUT2D eigenvalue weighted by molar-refractivity contribution is -0.145. The van der Waals surface area contributed by atoms with E-state index in [1.54, 1.807) is 0 Å². The van der Waals surface area contributed by atoms with Gasteiger partial charge in [0.25, 0.3) is 0 Å². The van der Waals surface area contributed by atoms with Gasteiger partial charge in [0.05, 0.1) is 23.5 Å². The number of nitrogens with one attached hydrogen (secondary N) is 1. The van der Waals surface area contributed by atoms with Crippen LogP contribution >= 0.6 is 0 Å². The quantitative estimate of drug-likeness (QED) is 0.421. The first-order chi connectivity index (χ1) is 19.0. The van der Waals surface area contributed by atoms with E-state index in [0.29, 0.717) is 29.0 Å². The van der Waals surface area contributed by atoms with Gasteiger partial charge in [-0.25, -0.2) is 27.2 Å². The Kier molecular flexibility index (Phi) is 8.01. The molecule has 0 aliphatic carbocycles. The largest absolute Gasteiger partial charge is 0.451 e. The van der Waals surface area contributed by atoms with Crippen LogP contribution in [0.3, 0.4) is 0 Å². The van der Waals surface area contributed by atoms with E-state index >= 15 is 0 Å². The summed E-state index contributed by atoms with van der Waals surface area (Å²) < 4.78 is 134. The monoisotopic (exact) mass is 610 g/mol. The number of carbonyl (C=O) groups excluding carboxylic acids is 1. The van der Waals surface area contributed by atoms with E-state index in [2.05, 4.69) is 25.3 Å². The van der Waals surface area contributed by atoms with Crippen LogP contribution < -0.4 is 5.32 Å². The van der Waals surface area contributed by atoms with E-state index < -0.39 is 87.2 Å². The van der Waals surface area contributed by atoms with Crippen molar-refractivity contribution in [3.63, 3.8) is 0 Å². The summed E-state index contributed by atoms with van der Waals surface area (Å²) in [6, 6.07) is -1.62. The van der Waals surface area contributed by atoms with Crippen LogP contribution in [-0.4, -0.2) is 56.8 Å². The number of hydrogen-bond acceptors (Lipinski definition) is 7. The number of nitrogens with zero attached hydrogens (tertiary/aromatic N) is 5. The van der Waals surface area contributed by atoms with Gasteiger partial charge < -0.3 is 5.32 Å². The summed E-state index contributed by atoms with van der Waals surface area (Å²) in [7, 11) is -4.66. The zero-order valence-corrected chi connectivity index (χ0v) is 21.4. The molecule has 1 amide bonds. The van der Waals surface area contributed by atoms with Crippen LogP contribution in [0.2, 0.25) is 0 Å². The molecule has 3 aromatic rings. The molecule has 1 aliphatic heterocycles. The molecule has 0 bridgehead atoms. The van der Waals surface area contributed by atoms with Gasteiger partial charge in [-0.1, -0.05) is 0 Å². The zero-order chi connectivity index (χ0) is 30.3. The van der Waals surface area contributed by atoms with Crippen LogP contribution in [0.15, 0.2) is 48.0 Å². The van der Waals surface area contributed by atoms with Crippen molar-refractivity contribution in [2.75, 3.05) is 0 Å². The summed E-state index contributed by atoms with van der Waals surface area (Å²) in [6.45, 7) is 0.327. The van der Waals surface area contributed by atoms with E-state index in [1.807, 2.05) is 0 Å². The van der Waals surface area contributed by atoms with Crippen LogP contribution in [0, 0.1) is 5.82 Å². The van der Waals surface area contributed by atoms with Gasteiger partial charge in [-0.05, 0) is 24.6 Å². The third kappa shape index (κ3) is 6.27. The highest BCUT2D eigenvalue weighted by atomic mass is 32.2. The van der Waals surface area contributed by atoms with Crippen molar-refractivity contribution in [2.45, 2.75) is 55.4 Å². The second-order valence-corrected chi connectivity index (χ2v) is 10.8. The van der Waals surface area contributed by atoms with Crippen molar-refractivity contribution >= 4 is 15.9 Å². The van der Waals surface area contributed by atoms with E-state index in [4.69, 9.17) is 0 Å². The molecule has 1 saturated heterocycles. The number of rotatable bonds is 6. The molecule has 1 aliphatic rings. The Bertz CT molecular complexity index is 1550. The van der Waals surface area contributed by atoms with Gasteiger partial charge in [-0.3, -0.25) is 14.8 Å². The minimum Gasteiger partial charge on any atom is -0.351 e. The van der Waals surface area contributed by atoms with Gasteiger partial charge in [0.2, 0.25) is 21.8 Å². The Morgan fingerprint density at radius 2 is 1.66 bits per heavy atom. The fourth-order valence-electron chi connectivity index (χ4n) is 4.18. The molecule has 18 heteroatoms. The van der Waals surface area contributed by atoms with E-state index in [0.717, 1.165) is 18.5 Å². The van der Waals surface area contributed by atoms with E-state index in [1.165, 1.54) is 6.92 Å². The molecule has 1 fully saturated rings. The molecule has 4 heterocycles. The minimum absolute atomic E-state index is 0.162. The first-order valence-corrected chi connectivity index (χ1v) is 13.0. The lowest BCUT2D eigenvalue weighted by Crippen LogP contribution is -2.48. The highest BCUT2D eigenvalue weighted by molar-refractivity contribution is 7.89. The number of hydrogen-bond donors (Lipinski definition) is 1. The summed E-state index contributed by atoms with van der Waals surface area (Å²) in [5.41, 5.74) is -2.29. The molecule has 3 aromatic heterocycles. The second-order valence-electron chi connectivity index (χ2n) is 8.92. The van der Waals surface area contributed by atoms with Crippen LogP contribution in [0.25, 0.3) is 11.3 Å². The number of sulfonamides is 1. The first kappa shape index (κ1) is 30.2. The molecule has 0 spiro atoms. The maximum atomic E-state index is 14.6. The minimum atomic E-state index is -4.96. The van der Waals surface area contributed by atoms with Gasteiger partial charge in [-0.15, -0.1) is 0 Å². The SMILES string of the molecule is C[C@H]1[C@H](F)C[C@@H](C(=O)NCc2cc(-c3cnc(C(F)(F)F)nc3)ncc2C(F)(F)F)N1S(=O)(=O)c1cncc(F)c1. The molecule has 0 radical (unpaired) electrons. The summed E-state index contributed by atoms with van der Waals surface area (Å²) >= 11 is 0. The molecule has 3 atom stereocenters. The Morgan fingerprint density at radius 1 is 1.00 bits per heavy atom. The van der Waals surface area contributed by atoms with Crippen LogP contribution in [-0.2, 0) is 33.7 Å². The van der Waals surface area contributed by atoms with Gasteiger partial charge >= 0.3 is 12.4 Å². The number of alkyl halides is 7. The van der Waals surface area contributed by atoms with Gasteiger partial charge in [0.15, 0.2) is 0 Å². The third-order valence-corrected chi connectivity index (χ3v) is 8.15. The molecule has 4 rings (SSSR count). The smallest absolute Gasteiger partial charge is 0.351 e. The number of amides is 1. The number of pyridine rings is 2. The average molecular weight is 610 g/mol. The zero-order valence-electron chi connectivity index (χ0n) is 20.6. The van der Waals surface area contributed by atoms with E-state index in [-0.39, 0.29) is 11.3 Å². The lowest BCUT2D eigenvalue weighted by atomic mass is 10.1. The van der Waals surface area contributed by atoms with Crippen LogP contribution in [0.1, 0.15) is 30.3 Å². The molecule has 0 unspecified atom stereocenters. The lowest BCUT2D eigenvalue weighted by Gasteiger charge is -2.27. The number of carbonyl (C=O) groups is 1. The molecule has 9 nitrogen and oxygen atoms in total. The molecular formula is C23H18F8N6O3S. The standard InChI is InChI=1S/C23H18F8N6O3S/c1-11-17(25)4-19(37(11)41(39,40)15-3-14(24)8-32-9-15)20(38)34-5-12-2-18(33-10-16(12)22(26,27)28)13-6-35-21(36-7-13)23(29,30)31/h2-3,6-11,17,19H,4-5H2,1H3,(H,34,38)/t11-,17+,19-/m0/s1. The Hall–Kier alpha value is -3.80. The highest BCUT2D eigenvalue weighted by Gasteiger charge is 2.49. The predicted octanol–water partition coefficient (Wildman–Crippen LogP) is 3.92. The topological polar surface area (TPSA) is 118 Å². The maximum absolute atomic E-state index is 14.6. The summed E-state index contributed by atoms with van der Waals surface area (Å²) in [4.78, 5) is 25.7. The van der Waals surface area contributed by atoms with E-state index in [9.17, 15) is 48.3 Å². The number of halogens is 8. The fraction of sp³-hybridized carbons (Fsp3) is 0.348. The maximum Gasteiger partial charge on any atom is 0.451 e. The van der Waals surface area contributed by atoms with Crippen molar-refractivity contribution in [3.8, 4) is 11.3 Å². The van der Waals surface area contributed by atoms with Crippen molar-refractivity contribution in [1.82, 2.24) is 29.6 Å². The average Bonchev–Trinajstić information content (AvgIpc) is 3.20. The van der Waals surface area contributed by atoms with Gasteiger partial charge in [-0.2, -0.15) is 30.6 Å². The second kappa shape index (κ2) is 10.9. The third-order valence-electron chi connectivity index (χ3n) is 6.19. The van der Waals surface area contributed by atoms with Crippen LogP contribution in [0.4, 0.5) is 35.1 Å². The molecule has 41 heavy (non-hydrogen) atoms. The van der Waals surface area contributed by atoms with Crippen molar-refractivity contribution in [3.05, 3.63) is 65.9 Å². The normalized spacial score (nSPS) is 20.3.